The van der Waals surface area contributed by atoms with Crippen molar-refractivity contribution in [3.8, 4) is 0 Å². The number of carboxylic acid groups (broad SMARTS) is 1. The second kappa shape index (κ2) is 45.3. The largest absolute Gasteiger partial charge is 0.480 e. The number of allylic oxidation sites excluding steroid dienone is 8. The lowest BCUT2D eigenvalue weighted by Crippen LogP contribution is -2.47. The molecule has 0 heterocycles. The molecule has 0 aromatic heterocycles. The summed E-state index contributed by atoms with van der Waals surface area (Å²) in [5.41, 5.74) is 0. The molecule has 0 radical (unpaired) electrons. The van der Waals surface area contributed by atoms with E-state index in [1.165, 1.54) is 109 Å². The molecule has 2 unspecified atom stereocenters. The maximum Gasteiger partial charge on any atom is 0.328 e. The maximum absolute atomic E-state index is 12.8. The number of aliphatic carboxylic acids is 1. The first-order valence-corrected chi connectivity index (χ1v) is 24.5. The number of ether oxygens (including phenoxy) is 1. The molecule has 0 fully saturated rings. The van der Waals surface area contributed by atoms with Crippen molar-refractivity contribution in [3.63, 3.8) is 0 Å². The number of nitrogens with one attached hydrogen (secondary N) is 2. The van der Waals surface area contributed by atoms with Crippen LogP contribution < -0.4 is 10.6 Å². The number of rotatable bonds is 44. The quantitative estimate of drug-likeness (QED) is 0.0272. The summed E-state index contributed by atoms with van der Waals surface area (Å²) in [5, 5.41) is 22.6. The molecule has 0 aliphatic heterocycles. The summed E-state index contributed by atoms with van der Waals surface area (Å²) in [4.78, 5) is 47.7. The number of hydrogen-bond donors (Lipinski definition) is 4. The van der Waals surface area contributed by atoms with E-state index in [1.807, 2.05) is 0 Å². The molecule has 9 nitrogen and oxygen atoms in total. The molecule has 0 bridgehead atoms. The van der Waals surface area contributed by atoms with Crippen LogP contribution in [0.3, 0.4) is 0 Å². The van der Waals surface area contributed by atoms with Gasteiger partial charge in [0.1, 0.15) is 12.1 Å². The van der Waals surface area contributed by atoms with Crippen molar-refractivity contribution in [1.82, 2.24) is 10.6 Å². The zero-order chi connectivity index (χ0) is 44.0. The van der Waals surface area contributed by atoms with Gasteiger partial charge in [0.2, 0.25) is 11.8 Å². The van der Waals surface area contributed by atoms with Crippen molar-refractivity contribution in [3.05, 3.63) is 48.6 Å². The third-order valence-electron chi connectivity index (χ3n) is 10.8. The molecule has 0 aromatic carbocycles. The highest BCUT2D eigenvalue weighted by atomic mass is 16.5. The highest BCUT2D eigenvalue weighted by molar-refractivity contribution is 5.87. The van der Waals surface area contributed by atoms with Gasteiger partial charge in [-0.2, -0.15) is 0 Å². The molecule has 0 aliphatic rings. The van der Waals surface area contributed by atoms with Crippen LogP contribution in [0.4, 0.5) is 0 Å². The van der Waals surface area contributed by atoms with E-state index in [0.29, 0.717) is 12.8 Å². The molecule has 4 N–H and O–H groups in total. The number of hydrogen-bond acceptors (Lipinski definition) is 6. The Balaban J connectivity index is 4.26. The average molecular weight is 843 g/mol. The first-order chi connectivity index (χ1) is 29.3. The van der Waals surface area contributed by atoms with Crippen LogP contribution in [0.1, 0.15) is 226 Å². The van der Waals surface area contributed by atoms with Gasteiger partial charge in [-0.05, 0) is 96.3 Å². The van der Waals surface area contributed by atoms with Gasteiger partial charge in [0.25, 0.3) is 0 Å². The molecule has 60 heavy (non-hydrogen) atoms. The van der Waals surface area contributed by atoms with Crippen molar-refractivity contribution < 1.29 is 34.1 Å². The fourth-order valence-corrected chi connectivity index (χ4v) is 7.02. The molecular formula is C51H90N2O7. The van der Waals surface area contributed by atoms with Crippen molar-refractivity contribution in [2.24, 2.45) is 0 Å². The molecule has 0 saturated heterocycles. The lowest BCUT2D eigenvalue weighted by Gasteiger charge is -2.18. The number of aliphatic hydroxyl groups is 1. The highest BCUT2D eigenvalue weighted by Gasteiger charge is 2.19. The molecule has 346 valence electrons. The van der Waals surface area contributed by atoms with Crippen LogP contribution in [-0.4, -0.2) is 59.3 Å². The van der Waals surface area contributed by atoms with E-state index in [0.717, 1.165) is 83.5 Å². The number of aliphatic hydroxyl groups excluding tert-OH is 1. The Kier molecular flexibility index (Phi) is 42.9. The van der Waals surface area contributed by atoms with Gasteiger partial charge in [0, 0.05) is 12.8 Å². The SMILES string of the molecule is CCCCC/C=C\C/C=C\CCCC(CCCCCCCC(=O)NCC(=O)NC(CO)C(=O)O)OC(=O)CCCCCCCCCCC/C=C\C/C=C\CCCCCCC. The molecule has 0 aliphatic carbocycles. The first kappa shape index (κ1) is 56.8. The highest BCUT2D eigenvalue weighted by Crippen LogP contribution is 2.18. The Labute approximate surface area is 367 Å². The number of unbranched alkanes of at least 4 members (excludes halogenated alkanes) is 22. The molecule has 2 amide bonds. The molecular weight excluding hydrogens is 753 g/mol. The number of amides is 2. The summed E-state index contributed by atoms with van der Waals surface area (Å²) >= 11 is 0. The number of esters is 1. The van der Waals surface area contributed by atoms with Gasteiger partial charge in [-0.15, -0.1) is 0 Å². The zero-order valence-corrected chi connectivity index (χ0v) is 38.5. The standard InChI is InChI=1S/C51H90N2O7/c1-3-5-7-9-11-13-15-16-17-18-19-20-21-22-23-24-26-28-30-35-39-43-50(57)60-46(40-36-32-29-27-25-14-12-10-8-6-4-2)41-37-33-31-34-38-42-48(55)52-44-49(56)53-47(45-54)51(58)59/h12,14-16,18-19,27,29,46-47,54H,3-11,13,17,20-26,28,30-45H2,1-2H3,(H,52,55)(H,53,56)(H,58,59)/b14-12-,16-15-,19-18-,29-27-. The first-order valence-electron chi connectivity index (χ1n) is 24.5. The minimum Gasteiger partial charge on any atom is -0.480 e. The molecule has 9 heteroatoms. The fraction of sp³-hybridized carbons (Fsp3) is 0.765. The van der Waals surface area contributed by atoms with E-state index < -0.39 is 24.5 Å². The molecule has 0 rings (SSSR count). The third-order valence-corrected chi connectivity index (χ3v) is 10.8. The van der Waals surface area contributed by atoms with Crippen molar-refractivity contribution in [2.75, 3.05) is 13.2 Å². The van der Waals surface area contributed by atoms with Crippen molar-refractivity contribution >= 4 is 23.8 Å². The van der Waals surface area contributed by atoms with E-state index in [9.17, 15) is 19.2 Å². The summed E-state index contributed by atoms with van der Waals surface area (Å²) in [6.45, 7) is 3.45. The summed E-state index contributed by atoms with van der Waals surface area (Å²) in [5.74, 6) is -2.33. The second-order valence-electron chi connectivity index (χ2n) is 16.5. The van der Waals surface area contributed by atoms with Gasteiger partial charge in [0.05, 0.1) is 13.2 Å². The molecule has 0 spiro atoms. The summed E-state index contributed by atoms with van der Waals surface area (Å²) in [6.07, 6.45) is 54.3. The lowest BCUT2D eigenvalue weighted by atomic mass is 10.0. The predicted molar refractivity (Wildman–Crippen MR) is 250 cm³/mol. The lowest BCUT2D eigenvalue weighted by molar-refractivity contribution is -0.150. The van der Waals surface area contributed by atoms with Gasteiger partial charge in [-0.3, -0.25) is 14.4 Å². The van der Waals surface area contributed by atoms with Crippen molar-refractivity contribution in [2.45, 2.75) is 238 Å². The Morgan fingerprint density at radius 3 is 1.43 bits per heavy atom. The maximum atomic E-state index is 12.8. The Hall–Kier alpha value is -3.20. The van der Waals surface area contributed by atoms with E-state index in [-0.39, 0.29) is 30.9 Å². The smallest absolute Gasteiger partial charge is 0.328 e. The Morgan fingerprint density at radius 2 is 0.917 bits per heavy atom. The van der Waals surface area contributed by atoms with Crippen LogP contribution in [0.25, 0.3) is 0 Å². The number of carbonyl (C=O) groups is 4. The Bertz CT molecular complexity index is 1150. The second-order valence-corrected chi connectivity index (χ2v) is 16.5. The van der Waals surface area contributed by atoms with Gasteiger partial charge in [0.15, 0.2) is 0 Å². The van der Waals surface area contributed by atoms with E-state index >= 15 is 0 Å². The summed E-state index contributed by atoms with van der Waals surface area (Å²) < 4.78 is 6.02. The van der Waals surface area contributed by atoms with Crippen molar-refractivity contribution in [1.29, 1.82) is 0 Å². The number of carboxylic acids is 1. The minimum absolute atomic E-state index is 0.0601. The third kappa shape index (κ3) is 41.5. The summed E-state index contributed by atoms with van der Waals surface area (Å²) in [6, 6.07) is -1.39. The average Bonchev–Trinajstić information content (AvgIpc) is 3.23. The molecule has 0 saturated carbocycles. The van der Waals surface area contributed by atoms with Crippen LogP contribution in [-0.2, 0) is 23.9 Å². The van der Waals surface area contributed by atoms with Gasteiger partial charge in [-0.25, -0.2) is 4.79 Å². The Morgan fingerprint density at radius 1 is 0.500 bits per heavy atom. The monoisotopic (exact) mass is 843 g/mol. The van der Waals surface area contributed by atoms with Gasteiger partial charge in [-0.1, -0.05) is 165 Å². The summed E-state index contributed by atoms with van der Waals surface area (Å²) in [7, 11) is 0. The minimum atomic E-state index is -1.39. The van der Waals surface area contributed by atoms with E-state index in [4.69, 9.17) is 14.9 Å². The fourth-order valence-electron chi connectivity index (χ4n) is 7.02. The van der Waals surface area contributed by atoms with E-state index in [1.54, 1.807) is 0 Å². The topological polar surface area (TPSA) is 142 Å². The van der Waals surface area contributed by atoms with Crippen LogP contribution in [0, 0.1) is 0 Å². The van der Waals surface area contributed by atoms with Gasteiger partial charge < -0.3 is 25.6 Å². The molecule has 2 atom stereocenters. The zero-order valence-electron chi connectivity index (χ0n) is 38.5. The van der Waals surface area contributed by atoms with Crippen LogP contribution >= 0.6 is 0 Å². The van der Waals surface area contributed by atoms with E-state index in [2.05, 4.69) is 73.1 Å². The number of carbonyl (C=O) groups excluding carboxylic acids is 3. The van der Waals surface area contributed by atoms with Crippen LogP contribution in [0.5, 0.6) is 0 Å². The van der Waals surface area contributed by atoms with Crippen LogP contribution in [0.2, 0.25) is 0 Å². The van der Waals surface area contributed by atoms with Crippen LogP contribution in [0.15, 0.2) is 48.6 Å². The van der Waals surface area contributed by atoms with Gasteiger partial charge >= 0.3 is 11.9 Å². The normalized spacial score (nSPS) is 12.8. The molecule has 0 aromatic rings. The predicted octanol–water partition coefficient (Wildman–Crippen LogP) is 12.7.